The lowest BCUT2D eigenvalue weighted by molar-refractivity contribution is -0.144. The van der Waals surface area contributed by atoms with Crippen molar-refractivity contribution in [3.8, 4) is 11.6 Å². The Kier molecular flexibility index (Phi) is 10.8. The van der Waals surface area contributed by atoms with Gasteiger partial charge >= 0.3 is 12.1 Å². The average Bonchev–Trinajstić information content (AvgIpc) is 3.66. The normalized spacial score (nSPS) is 18.2. The van der Waals surface area contributed by atoms with E-state index in [1.807, 2.05) is 0 Å². The van der Waals surface area contributed by atoms with Gasteiger partial charge in [-0.2, -0.15) is 5.10 Å². The highest BCUT2D eigenvalue weighted by atomic mass is 16.6. The van der Waals surface area contributed by atoms with Crippen LogP contribution < -0.4 is 10.1 Å². The van der Waals surface area contributed by atoms with Gasteiger partial charge in [0, 0.05) is 51.9 Å². The summed E-state index contributed by atoms with van der Waals surface area (Å²) in [5.41, 5.74) is 0.355. The molecule has 3 aliphatic rings. The van der Waals surface area contributed by atoms with Gasteiger partial charge in [0.1, 0.15) is 12.1 Å². The topological polar surface area (TPSA) is 184 Å². The van der Waals surface area contributed by atoms with E-state index in [0.717, 1.165) is 12.8 Å². The van der Waals surface area contributed by atoms with Gasteiger partial charge in [-0.1, -0.05) is 18.2 Å². The van der Waals surface area contributed by atoms with Crippen molar-refractivity contribution in [1.29, 1.82) is 0 Å². The van der Waals surface area contributed by atoms with Crippen molar-refractivity contribution in [2.75, 3.05) is 53.0 Å². The van der Waals surface area contributed by atoms with Crippen molar-refractivity contribution in [3.05, 3.63) is 42.1 Å². The Morgan fingerprint density at radius 3 is 2.33 bits per heavy atom. The summed E-state index contributed by atoms with van der Waals surface area (Å²) in [6.45, 7) is 2.60. The average molecular weight is 668 g/mol. The van der Waals surface area contributed by atoms with Gasteiger partial charge in [-0.3, -0.25) is 24.0 Å². The molecule has 3 heterocycles. The Morgan fingerprint density at radius 1 is 1.00 bits per heavy atom. The zero-order valence-electron chi connectivity index (χ0n) is 27.1. The Morgan fingerprint density at radius 2 is 1.69 bits per heavy atom. The summed E-state index contributed by atoms with van der Waals surface area (Å²) in [6, 6.07) is 8.32. The van der Waals surface area contributed by atoms with Crippen molar-refractivity contribution < 1.29 is 43.3 Å². The summed E-state index contributed by atoms with van der Waals surface area (Å²) >= 11 is 0. The van der Waals surface area contributed by atoms with Crippen LogP contribution in [0.25, 0.3) is 5.69 Å². The molecule has 2 aromatic rings. The highest BCUT2D eigenvalue weighted by molar-refractivity contribution is 5.97. The third-order valence-corrected chi connectivity index (χ3v) is 8.65. The lowest BCUT2D eigenvalue weighted by atomic mass is 10.1. The Hall–Kier alpha value is -5.15. The number of hydrogen-bond donors (Lipinski definition) is 2. The second kappa shape index (κ2) is 15.2. The SMILES string of the molecule is CCOC(=O)N1CCN(C(=O)C(CC(=O)O)NC(=O)c2cc(OCC(=O)N3CCCC3C(=O)N(C)C3CC3)n(-c3ccccc3)n2)CC1. The van der Waals surface area contributed by atoms with Crippen LogP contribution in [0.2, 0.25) is 0 Å². The molecule has 2 aliphatic heterocycles. The van der Waals surface area contributed by atoms with Crippen LogP contribution >= 0.6 is 0 Å². The molecule has 1 aliphatic carbocycles. The zero-order valence-corrected chi connectivity index (χ0v) is 27.1. The maximum absolute atomic E-state index is 13.4. The number of ether oxygens (including phenoxy) is 2. The van der Waals surface area contributed by atoms with Gasteiger partial charge < -0.3 is 39.5 Å². The highest BCUT2D eigenvalue weighted by Crippen LogP contribution is 2.29. The number of para-hydroxylation sites is 1. The molecule has 1 aromatic heterocycles. The molecular formula is C32H41N7O9. The van der Waals surface area contributed by atoms with Crippen LogP contribution in [0.3, 0.4) is 0 Å². The minimum absolute atomic E-state index is 0.0630. The minimum Gasteiger partial charge on any atom is -0.481 e. The fourth-order valence-electron chi connectivity index (χ4n) is 5.90. The lowest BCUT2D eigenvalue weighted by Gasteiger charge is -2.35. The number of aliphatic carboxylic acids is 1. The van der Waals surface area contributed by atoms with E-state index in [9.17, 15) is 33.9 Å². The third kappa shape index (κ3) is 8.04. The Bertz CT molecular complexity index is 1520. The molecule has 258 valence electrons. The number of nitrogens with one attached hydrogen (secondary N) is 1. The van der Waals surface area contributed by atoms with Crippen molar-refractivity contribution in [1.82, 2.24) is 34.7 Å². The summed E-state index contributed by atoms with van der Waals surface area (Å²) in [7, 11) is 1.77. The number of carboxylic acids is 1. The van der Waals surface area contributed by atoms with Crippen LogP contribution in [-0.4, -0.2) is 141 Å². The number of benzene rings is 1. The summed E-state index contributed by atoms with van der Waals surface area (Å²) in [4.78, 5) is 82.9. The molecular weight excluding hydrogens is 626 g/mol. The van der Waals surface area contributed by atoms with Crippen LogP contribution in [0.5, 0.6) is 5.88 Å². The Labute approximate surface area is 277 Å². The van der Waals surface area contributed by atoms with E-state index in [0.29, 0.717) is 25.1 Å². The third-order valence-electron chi connectivity index (χ3n) is 8.65. The molecule has 2 saturated heterocycles. The van der Waals surface area contributed by atoms with Crippen molar-refractivity contribution in [2.24, 2.45) is 0 Å². The number of likely N-dealkylation sites (N-methyl/N-ethyl adjacent to an activating group) is 1. The highest BCUT2D eigenvalue weighted by Gasteiger charge is 2.40. The molecule has 0 spiro atoms. The number of aromatic nitrogens is 2. The second-order valence-corrected chi connectivity index (χ2v) is 12.0. The number of likely N-dealkylation sites (tertiary alicyclic amines) is 1. The molecule has 48 heavy (non-hydrogen) atoms. The molecule has 3 fully saturated rings. The summed E-state index contributed by atoms with van der Waals surface area (Å²) < 4.78 is 12.2. The Balaban J connectivity index is 1.28. The predicted octanol–water partition coefficient (Wildman–Crippen LogP) is 0.737. The first kappa shape index (κ1) is 34.2. The first-order valence-corrected chi connectivity index (χ1v) is 16.1. The molecule has 2 N–H and O–H groups in total. The van der Waals surface area contributed by atoms with Gasteiger partial charge in [0.15, 0.2) is 12.3 Å². The summed E-state index contributed by atoms with van der Waals surface area (Å²) in [5.74, 6) is -3.12. The number of amides is 5. The van der Waals surface area contributed by atoms with E-state index in [-0.39, 0.29) is 62.2 Å². The van der Waals surface area contributed by atoms with E-state index in [1.165, 1.54) is 25.4 Å². The first-order chi connectivity index (χ1) is 23.1. The smallest absolute Gasteiger partial charge is 0.409 e. The molecule has 2 unspecified atom stereocenters. The first-order valence-electron chi connectivity index (χ1n) is 16.1. The molecule has 5 rings (SSSR count). The molecule has 16 heteroatoms. The number of nitrogens with zero attached hydrogens (tertiary/aromatic N) is 6. The van der Waals surface area contributed by atoms with E-state index < -0.39 is 49.0 Å². The fraction of sp³-hybridized carbons (Fsp3) is 0.531. The number of carboxylic acid groups (broad SMARTS) is 1. The molecule has 1 saturated carbocycles. The maximum atomic E-state index is 13.4. The van der Waals surface area contributed by atoms with Crippen LogP contribution in [0, 0.1) is 0 Å². The molecule has 16 nitrogen and oxygen atoms in total. The maximum Gasteiger partial charge on any atom is 0.409 e. The molecule has 1 aromatic carbocycles. The van der Waals surface area contributed by atoms with Gasteiger partial charge in [-0.15, -0.1) is 0 Å². The number of hydrogen-bond acceptors (Lipinski definition) is 9. The number of piperazine rings is 1. The standard InChI is InChI=1S/C32H41N7O9/c1-3-47-32(46)37-16-14-36(15-17-37)30(44)24(19-28(41)42)33-29(43)23-18-27(39(34-23)22-8-5-4-6-9-22)48-20-26(40)38-13-7-10-25(38)31(45)35(2)21-11-12-21/h4-6,8-9,18,21,24-25H,3,7,10-17,19-20H2,1-2H3,(H,33,43)(H,41,42). The second-order valence-electron chi connectivity index (χ2n) is 12.0. The quantitative estimate of drug-likeness (QED) is 0.327. The van der Waals surface area contributed by atoms with Crippen LogP contribution in [0.15, 0.2) is 36.4 Å². The van der Waals surface area contributed by atoms with Crippen LogP contribution in [0.4, 0.5) is 4.79 Å². The van der Waals surface area contributed by atoms with E-state index in [1.54, 1.807) is 49.2 Å². The summed E-state index contributed by atoms with van der Waals surface area (Å²) in [5, 5.41) is 16.4. The van der Waals surface area contributed by atoms with Gasteiger partial charge in [0.25, 0.3) is 11.8 Å². The molecule has 0 radical (unpaired) electrons. The minimum atomic E-state index is -1.41. The zero-order chi connectivity index (χ0) is 34.4. The number of rotatable bonds is 12. The number of carbonyl (C=O) groups excluding carboxylic acids is 5. The van der Waals surface area contributed by atoms with Gasteiger partial charge in [0.2, 0.25) is 17.7 Å². The summed E-state index contributed by atoms with van der Waals surface area (Å²) in [6.07, 6.45) is 2.03. The van der Waals surface area contributed by atoms with E-state index >= 15 is 0 Å². The largest absolute Gasteiger partial charge is 0.481 e. The number of carbonyl (C=O) groups is 6. The predicted molar refractivity (Wildman–Crippen MR) is 168 cm³/mol. The van der Waals surface area contributed by atoms with Crippen LogP contribution in [-0.2, 0) is 23.9 Å². The van der Waals surface area contributed by atoms with Crippen molar-refractivity contribution >= 4 is 35.7 Å². The van der Waals surface area contributed by atoms with Crippen molar-refractivity contribution in [2.45, 2.75) is 57.2 Å². The van der Waals surface area contributed by atoms with Gasteiger partial charge in [-0.25, -0.2) is 9.48 Å². The van der Waals surface area contributed by atoms with Crippen LogP contribution in [0.1, 0.15) is 49.5 Å². The monoisotopic (exact) mass is 667 g/mol. The molecule has 5 amide bonds. The van der Waals surface area contributed by atoms with Gasteiger partial charge in [0.05, 0.1) is 18.7 Å². The lowest BCUT2D eigenvalue weighted by Crippen LogP contribution is -2.56. The van der Waals surface area contributed by atoms with E-state index in [4.69, 9.17) is 9.47 Å². The fourth-order valence-corrected chi connectivity index (χ4v) is 5.90. The van der Waals surface area contributed by atoms with E-state index in [2.05, 4.69) is 10.4 Å². The van der Waals surface area contributed by atoms with Gasteiger partial charge in [-0.05, 0) is 44.7 Å². The molecule has 2 atom stereocenters. The molecule has 0 bridgehead atoms. The van der Waals surface area contributed by atoms with Crippen molar-refractivity contribution in [3.63, 3.8) is 0 Å².